The summed E-state index contributed by atoms with van der Waals surface area (Å²) in [4.78, 5) is 20.4. The van der Waals surface area contributed by atoms with Crippen molar-refractivity contribution in [1.82, 2.24) is 14.5 Å². The van der Waals surface area contributed by atoms with E-state index in [1.54, 1.807) is 25.4 Å². The van der Waals surface area contributed by atoms with Gasteiger partial charge in [0.25, 0.3) is 0 Å². The number of rotatable bonds is 8. The van der Waals surface area contributed by atoms with Crippen molar-refractivity contribution in [3.05, 3.63) is 34.7 Å². The molecule has 158 valence electrons. The van der Waals surface area contributed by atoms with E-state index in [4.69, 9.17) is 9.47 Å². The zero-order valence-corrected chi connectivity index (χ0v) is 17.4. The number of ether oxygens (including phenoxy) is 2. The highest BCUT2D eigenvalue weighted by atomic mass is 32.2. The van der Waals surface area contributed by atoms with Crippen molar-refractivity contribution in [3.8, 4) is 17.3 Å². The molecule has 1 fully saturated rings. The fourth-order valence-electron chi connectivity index (χ4n) is 2.91. The zero-order chi connectivity index (χ0) is 20.9. The Morgan fingerprint density at radius 3 is 2.72 bits per heavy atom. The van der Waals surface area contributed by atoms with E-state index in [9.17, 15) is 13.2 Å². The van der Waals surface area contributed by atoms with Gasteiger partial charge in [-0.1, -0.05) is 13.3 Å². The molecule has 1 N–H and O–H groups in total. The fourth-order valence-corrected chi connectivity index (χ4v) is 4.11. The molecule has 2 aromatic heterocycles. The molecule has 0 radical (unpaired) electrons. The summed E-state index contributed by atoms with van der Waals surface area (Å²) in [5.41, 5.74) is 0.966. The molecule has 0 amide bonds. The summed E-state index contributed by atoms with van der Waals surface area (Å²) in [6, 6.07) is 4.70. The summed E-state index contributed by atoms with van der Waals surface area (Å²) < 4.78 is 39.9. The first-order chi connectivity index (χ1) is 13.9. The number of unbranched alkanes of at least 4 members (excludes halogenated alkanes) is 1. The number of anilines is 1. The first-order valence-electron chi connectivity index (χ1n) is 9.67. The van der Waals surface area contributed by atoms with E-state index in [2.05, 4.69) is 14.7 Å². The van der Waals surface area contributed by atoms with Gasteiger partial charge in [0.15, 0.2) is 0 Å². The van der Waals surface area contributed by atoms with Crippen LogP contribution in [0, 0.1) is 0 Å². The molecular formula is C19H26N4O5S. The predicted octanol–water partition coefficient (Wildman–Crippen LogP) is 1.94. The maximum Gasteiger partial charge on any atom is 0.319 e. The van der Waals surface area contributed by atoms with E-state index < -0.39 is 10.0 Å². The van der Waals surface area contributed by atoms with Gasteiger partial charge in [-0.3, -0.25) is 9.52 Å². The number of nitrogens with zero attached hydrogens (tertiary/aromatic N) is 3. The lowest BCUT2D eigenvalue weighted by Gasteiger charge is -2.22. The smallest absolute Gasteiger partial charge is 0.319 e. The number of aromatic nitrogens is 3. The molecule has 0 saturated carbocycles. The Morgan fingerprint density at radius 1 is 1.28 bits per heavy atom. The Morgan fingerprint density at radius 2 is 2.03 bits per heavy atom. The summed E-state index contributed by atoms with van der Waals surface area (Å²) in [5, 5.41) is 0. The van der Waals surface area contributed by atoms with Crippen LogP contribution in [0.3, 0.4) is 0 Å². The van der Waals surface area contributed by atoms with Crippen molar-refractivity contribution in [3.63, 3.8) is 0 Å². The standard InChI is InChI=1S/C19H26N4O5S/c1-3-4-11-29(25,26)22-17-12-16(14-5-6-18(24)23(2)13-14)20-19(21-17)28-15-7-9-27-10-8-15/h5-6,12-13,15H,3-4,7-11H2,1-2H3,(H,20,21,22). The van der Waals surface area contributed by atoms with E-state index in [1.807, 2.05) is 6.92 Å². The number of sulfonamides is 1. The average Bonchev–Trinajstić information content (AvgIpc) is 2.69. The van der Waals surface area contributed by atoms with Gasteiger partial charge in [-0.2, -0.15) is 9.97 Å². The number of hydrogen-bond acceptors (Lipinski definition) is 7. The number of hydrogen-bond donors (Lipinski definition) is 1. The number of nitrogens with one attached hydrogen (secondary N) is 1. The van der Waals surface area contributed by atoms with Crippen LogP contribution in [0.4, 0.5) is 5.82 Å². The normalized spacial score (nSPS) is 15.2. The summed E-state index contributed by atoms with van der Waals surface area (Å²) in [6.45, 7) is 3.13. The molecule has 29 heavy (non-hydrogen) atoms. The van der Waals surface area contributed by atoms with Crippen LogP contribution in [0.5, 0.6) is 6.01 Å². The van der Waals surface area contributed by atoms with Crippen LogP contribution in [0.2, 0.25) is 0 Å². The van der Waals surface area contributed by atoms with Crippen LogP contribution in [0.1, 0.15) is 32.6 Å². The van der Waals surface area contributed by atoms with Gasteiger partial charge in [-0.15, -0.1) is 0 Å². The second kappa shape index (κ2) is 9.36. The van der Waals surface area contributed by atoms with E-state index in [0.29, 0.717) is 43.7 Å². The van der Waals surface area contributed by atoms with Crippen LogP contribution in [0.15, 0.2) is 29.2 Å². The lowest BCUT2D eigenvalue weighted by molar-refractivity contribution is 0.0218. The van der Waals surface area contributed by atoms with Crippen molar-refractivity contribution in [2.24, 2.45) is 7.05 Å². The van der Waals surface area contributed by atoms with Gasteiger partial charge in [-0.25, -0.2) is 8.42 Å². The van der Waals surface area contributed by atoms with Crippen LogP contribution in [-0.4, -0.2) is 48.0 Å². The third-order valence-electron chi connectivity index (χ3n) is 4.55. The number of pyridine rings is 1. The highest BCUT2D eigenvalue weighted by Gasteiger charge is 2.19. The first-order valence-corrected chi connectivity index (χ1v) is 11.3. The predicted molar refractivity (Wildman–Crippen MR) is 109 cm³/mol. The third-order valence-corrected chi connectivity index (χ3v) is 5.90. The van der Waals surface area contributed by atoms with Crippen LogP contribution in [0.25, 0.3) is 11.3 Å². The molecule has 3 rings (SSSR count). The summed E-state index contributed by atoms with van der Waals surface area (Å²) in [5.74, 6) is 0.153. The molecule has 0 unspecified atom stereocenters. The molecule has 3 heterocycles. The van der Waals surface area contributed by atoms with Gasteiger partial charge < -0.3 is 14.0 Å². The molecule has 1 saturated heterocycles. The van der Waals surface area contributed by atoms with E-state index in [0.717, 1.165) is 6.42 Å². The molecule has 0 bridgehead atoms. The minimum absolute atomic E-state index is 0.0127. The van der Waals surface area contributed by atoms with Crippen molar-refractivity contribution >= 4 is 15.8 Å². The largest absolute Gasteiger partial charge is 0.460 e. The van der Waals surface area contributed by atoms with Gasteiger partial charge in [0.2, 0.25) is 15.6 Å². The Bertz CT molecular complexity index is 1000. The summed E-state index contributed by atoms with van der Waals surface area (Å²) >= 11 is 0. The Hall–Kier alpha value is -2.46. The topological polar surface area (TPSA) is 112 Å². The van der Waals surface area contributed by atoms with Crippen LogP contribution in [-0.2, 0) is 21.8 Å². The maximum atomic E-state index is 12.3. The van der Waals surface area contributed by atoms with Crippen molar-refractivity contribution in [1.29, 1.82) is 0 Å². The Kier molecular flexibility index (Phi) is 6.86. The molecule has 9 nitrogen and oxygen atoms in total. The van der Waals surface area contributed by atoms with Crippen molar-refractivity contribution < 1.29 is 17.9 Å². The molecular weight excluding hydrogens is 396 g/mol. The van der Waals surface area contributed by atoms with Gasteiger partial charge in [0.1, 0.15) is 11.9 Å². The molecule has 1 aliphatic heterocycles. The maximum absolute atomic E-state index is 12.3. The van der Waals surface area contributed by atoms with E-state index >= 15 is 0 Å². The fraction of sp³-hybridized carbons (Fsp3) is 0.526. The minimum Gasteiger partial charge on any atom is -0.460 e. The first kappa shape index (κ1) is 21.3. The number of aryl methyl sites for hydroxylation is 1. The zero-order valence-electron chi connectivity index (χ0n) is 16.6. The van der Waals surface area contributed by atoms with Gasteiger partial charge in [-0.05, 0) is 12.5 Å². The SMILES string of the molecule is CCCCS(=O)(=O)Nc1cc(-c2ccc(=O)n(C)c2)nc(OC2CCOCC2)n1. The van der Waals surface area contributed by atoms with Gasteiger partial charge in [0, 0.05) is 43.8 Å². The monoisotopic (exact) mass is 422 g/mol. The lowest BCUT2D eigenvalue weighted by Crippen LogP contribution is -2.27. The molecule has 0 atom stereocenters. The molecule has 0 aromatic carbocycles. The minimum atomic E-state index is -3.53. The van der Waals surface area contributed by atoms with Crippen molar-refractivity contribution in [2.45, 2.75) is 38.7 Å². The van der Waals surface area contributed by atoms with Crippen molar-refractivity contribution in [2.75, 3.05) is 23.7 Å². The molecule has 10 heteroatoms. The molecule has 0 spiro atoms. The van der Waals surface area contributed by atoms with Gasteiger partial charge >= 0.3 is 6.01 Å². The lowest BCUT2D eigenvalue weighted by atomic mass is 10.1. The second-order valence-electron chi connectivity index (χ2n) is 6.99. The molecule has 0 aliphatic carbocycles. The Balaban J connectivity index is 1.94. The average molecular weight is 423 g/mol. The molecule has 2 aromatic rings. The Labute approximate surface area is 170 Å². The molecule has 1 aliphatic rings. The van der Waals surface area contributed by atoms with Gasteiger partial charge in [0.05, 0.1) is 24.7 Å². The summed E-state index contributed by atoms with van der Waals surface area (Å²) in [7, 11) is -1.89. The van der Waals surface area contributed by atoms with Crippen LogP contribution >= 0.6 is 0 Å². The van der Waals surface area contributed by atoms with E-state index in [-0.39, 0.29) is 29.2 Å². The highest BCUT2D eigenvalue weighted by Crippen LogP contribution is 2.24. The third kappa shape index (κ3) is 6.01. The quantitative estimate of drug-likeness (QED) is 0.692. The van der Waals surface area contributed by atoms with E-state index in [1.165, 1.54) is 10.6 Å². The summed E-state index contributed by atoms with van der Waals surface area (Å²) in [6.07, 6.45) is 4.29. The highest BCUT2D eigenvalue weighted by molar-refractivity contribution is 7.92. The van der Waals surface area contributed by atoms with Crippen LogP contribution < -0.4 is 15.0 Å². The second-order valence-corrected chi connectivity index (χ2v) is 8.83.